The van der Waals surface area contributed by atoms with Crippen molar-refractivity contribution in [3.05, 3.63) is 72.2 Å². The van der Waals surface area contributed by atoms with Gasteiger partial charge in [-0.05, 0) is 48.5 Å². The van der Waals surface area contributed by atoms with E-state index in [0.29, 0.717) is 0 Å². The number of alkyl halides is 30. The standard InChI is InChI=1S/2C15H5F17O4S.Ca/c2*16-7(8(17)36-5-1-3-6(4-2-5)37(33,34)35)9(18,19)10(20,21)11(22,23)12(24,25)13(26,27)14(28,29)15(30,31)32;/h2*1-4H,(H,33,34,35);/q;;+2/p-2. The average Bonchev–Trinajstić information content (AvgIpc) is 3.21. The van der Waals surface area contributed by atoms with Gasteiger partial charge in [-0.25, -0.2) is 16.8 Å². The molecule has 0 saturated heterocycles. The molecule has 0 spiro atoms. The van der Waals surface area contributed by atoms with Crippen LogP contribution in [-0.2, 0) is 20.2 Å². The molecule has 0 bridgehead atoms. The molecule has 2 rings (SSSR count). The molecule has 45 heteroatoms. The van der Waals surface area contributed by atoms with Crippen molar-refractivity contribution in [2.24, 2.45) is 0 Å². The third-order valence-corrected chi connectivity index (χ3v) is 9.89. The molecular weight excluding hydrogens is 1240 g/mol. The van der Waals surface area contributed by atoms with Crippen molar-refractivity contribution in [3.8, 4) is 11.5 Å². The van der Waals surface area contributed by atoms with Crippen molar-refractivity contribution in [1.82, 2.24) is 0 Å². The summed E-state index contributed by atoms with van der Waals surface area (Å²) in [4.78, 5) is -2.28. The van der Waals surface area contributed by atoms with Gasteiger partial charge in [-0.3, -0.25) is 0 Å². The zero-order chi connectivity index (χ0) is 59.7. The van der Waals surface area contributed by atoms with E-state index in [1.54, 1.807) is 0 Å². The Bertz CT molecular complexity index is 2460. The van der Waals surface area contributed by atoms with E-state index in [1.807, 2.05) is 0 Å². The Morgan fingerprint density at radius 1 is 0.320 bits per heavy atom. The van der Waals surface area contributed by atoms with Crippen molar-refractivity contribution in [2.45, 2.75) is 93.2 Å². The summed E-state index contributed by atoms with van der Waals surface area (Å²) < 4.78 is 516. The van der Waals surface area contributed by atoms with E-state index in [9.17, 15) is 175 Å². The first kappa shape index (κ1) is 71.2. The fourth-order valence-corrected chi connectivity index (χ4v) is 5.04. The minimum absolute atomic E-state index is 0. The molecule has 0 aromatic heterocycles. The van der Waals surface area contributed by atoms with Gasteiger partial charge in [0.2, 0.25) is 11.7 Å². The number of ether oxygens (including phenoxy) is 2. The summed E-state index contributed by atoms with van der Waals surface area (Å²) in [6.07, 6.45) is -15.7. The van der Waals surface area contributed by atoms with Crippen LogP contribution in [0.15, 0.2) is 82.0 Å². The number of benzene rings is 2. The van der Waals surface area contributed by atoms with Crippen LogP contribution in [0.25, 0.3) is 0 Å². The minimum Gasteiger partial charge on any atom is -0.744 e. The molecule has 0 amide bonds. The Hall–Kier alpha value is -3.78. The molecule has 0 aliphatic heterocycles. The Morgan fingerprint density at radius 3 is 0.667 bits per heavy atom. The molecule has 0 aliphatic rings. The van der Waals surface area contributed by atoms with Gasteiger partial charge in [0.1, 0.15) is 31.7 Å². The van der Waals surface area contributed by atoms with Gasteiger partial charge >= 0.3 is 133 Å². The van der Waals surface area contributed by atoms with Crippen LogP contribution < -0.4 is 9.47 Å². The monoisotopic (exact) mass is 1250 g/mol. The van der Waals surface area contributed by atoms with Crippen LogP contribution in [0.4, 0.5) is 149 Å². The third-order valence-electron chi connectivity index (χ3n) is 8.19. The molecule has 0 radical (unpaired) electrons. The molecule has 0 fully saturated rings. The van der Waals surface area contributed by atoms with E-state index in [1.165, 1.54) is 0 Å². The largest absolute Gasteiger partial charge is 2.00 e. The van der Waals surface area contributed by atoms with Gasteiger partial charge in [0.15, 0.2) is 0 Å². The van der Waals surface area contributed by atoms with Gasteiger partial charge in [-0.15, -0.1) is 0 Å². The van der Waals surface area contributed by atoms with Crippen LogP contribution in [0.5, 0.6) is 11.5 Å². The topological polar surface area (TPSA) is 133 Å². The van der Waals surface area contributed by atoms with Crippen molar-refractivity contribution >= 4 is 58.0 Å². The first-order valence-corrected chi connectivity index (χ1v) is 19.1. The minimum atomic E-state index is -8.71. The summed E-state index contributed by atoms with van der Waals surface area (Å²) >= 11 is 0. The third kappa shape index (κ3) is 12.1. The molecule has 75 heavy (non-hydrogen) atoms. The van der Waals surface area contributed by atoms with Crippen molar-refractivity contribution in [3.63, 3.8) is 0 Å². The van der Waals surface area contributed by atoms with Gasteiger partial charge < -0.3 is 18.6 Å². The number of allylic oxidation sites excluding steroid dienone is 2. The second kappa shape index (κ2) is 21.1. The van der Waals surface area contributed by atoms with Crippen LogP contribution in [0.3, 0.4) is 0 Å². The van der Waals surface area contributed by atoms with Gasteiger partial charge in [0.05, 0.1) is 9.79 Å². The second-order valence-electron chi connectivity index (χ2n) is 13.1. The SMILES string of the molecule is O=S(=O)([O-])c1ccc(OC(F)=C(F)C(F)(F)C(F)(F)C(F)(F)C(F)(F)C(F)(F)C(F)(F)C(F)(F)F)cc1.O=S(=O)([O-])c1ccc(OC(F)=C(F)C(F)(F)C(F)(F)C(F)(F)C(F)(F)C(F)(F)C(F)(F)C(F)(F)F)cc1.[Ca+2]. The first-order chi connectivity index (χ1) is 32.0. The van der Waals surface area contributed by atoms with Crippen LogP contribution in [0.1, 0.15) is 0 Å². The zero-order valence-corrected chi connectivity index (χ0v) is 37.1. The maximum absolute atomic E-state index is 13.6. The van der Waals surface area contributed by atoms with E-state index in [4.69, 9.17) is 0 Å². The van der Waals surface area contributed by atoms with E-state index >= 15 is 0 Å². The van der Waals surface area contributed by atoms with Crippen LogP contribution in [0, 0.1) is 0 Å². The molecule has 8 nitrogen and oxygen atoms in total. The predicted octanol–water partition coefficient (Wildman–Crippen LogP) is 12.5. The molecule has 2 aromatic carbocycles. The predicted molar refractivity (Wildman–Crippen MR) is 166 cm³/mol. The van der Waals surface area contributed by atoms with Crippen LogP contribution >= 0.6 is 0 Å². The molecule has 428 valence electrons. The number of halogens is 34. The van der Waals surface area contributed by atoms with Crippen molar-refractivity contribution in [1.29, 1.82) is 0 Å². The van der Waals surface area contributed by atoms with E-state index in [0.717, 1.165) is 0 Å². The maximum atomic E-state index is 13.6. The average molecular weight is 1250 g/mol. The number of hydrogen-bond donors (Lipinski definition) is 0. The summed E-state index contributed by atoms with van der Waals surface area (Å²) in [5.41, 5.74) is 0. The first-order valence-electron chi connectivity index (χ1n) is 16.3. The Balaban J connectivity index is 0.00000144. The van der Waals surface area contributed by atoms with Crippen molar-refractivity contribution < 1.29 is 185 Å². The van der Waals surface area contributed by atoms with E-state index in [2.05, 4.69) is 9.47 Å². The van der Waals surface area contributed by atoms with E-state index < -0.39 is 149 Å². The van der Waals surface area contributed by atoms with Crippen molar-refractivity contribution in [2.75, 3.05) is 0 Å². The van der Waals surface area contributed by atoms with Gasteiger partial charge in [0, 0.05) is 0 Å². The molecule has 0 N–H and O–H groups in total. The Labute approximate surface area is 418 Å². The van der Waals surface area contributed by atoms with Gasteiger partial charge in [0.25, 0.3) is 0 Å². The molecule has 0 unspecified atom stereocenters. The summed E-state index contributed by atoms with van der Waals surface area (Å²) in [5.74, 6) is -112. The molecule has 0 saturated carbocycles. The summed E-state index contributed by atoms with van der Waals surface area (Å²) in [6, 6.07) is -6.08. The van der Waals surface area contributed by atoms with Crippen LogP contribution in [0.2, 0.25) is 0 Å². The van der Waals surface area contributed by atoms with E-state index in [-0.39, 0.29) is 86.3 Å². The molecular formula is C30H8CaF34O8S2. The quantitative estimate of drug-likeness (QED) is 0.0624. The number of hydrogen-bond acceptors (Lipinski definition) is 8. The van der Waals surface area contributed by atoms with Gasteiger partial charge in [-0.1, -0.05) is 0 Å². The smallest absolute Gasteiger partial charge is 0.744 e. The van der Waals surface area contributed by atoms with Gasteiger partial charge in [-0.2, -0.15) is 149 Å². The fourth-order valence-electron chi connectivity index (χ4n) is 4.10. The normalized spacial score (nSPS) is 15.7. The molecule has 0 aliphatic carbocycles. The molecule has 0 atom stereocenters. The summed E-state index contributed by atoms with van der Waals surface area (Å²) in [6.45, 7) is 0. The Kier molecular flexibility index (Phi) is 20.1. The van der Waals surface area contributed by atoms with Crippen LogP contribution in [-0.4, -0.2) is 147 Å². The summed E-state index contributed by atoms with van der Waals surface area (Å²) in [7, 11) is -10.4. The maximum Gasteiger partial charge on any atom is 2.00 e. The summed E-state index contributed by atoms with van der Waals surface area (Å²) in [5, 5.41) is 0. The molecule has 0 heterocycles. The fraction of sp³-hybridized carbons (Fsp3) is 0.467. The zero-order valence-electron chi connectivity index (χ0n) is 33.3. The second-order valence-corrected chi connectivity index (χ2v) is 15.9. The molecule has 2 aromatic rings. The number of rotatable bonds is 18. The Morgan fingerprint density at radius 2 is 0.493 bits per heavy atom.